The Morgan fingerprint density at radius 3 is 2.29 bits per heavy atom. The van der Waals surface area contributed by atoms with Gasteiger partial charge in [-0.1, -0.05) is 71.6 Å². The fourth-order valence-electron chi connectivity index (χ4n) is 7.45. The van der Waals surface area contributed by atoms with Crippen LogP contribution in [0, 0.1) is 11.8 Å². The summed E-state index contributed by atoms with van der Waals surface area (Å²) in [6.45, 7) is 3.37. The van der Waals surface area contributed by atoms with Crippen LogP contribution in [0.1, 0.15) is 69.8 Å². The molecule has 2 saturated heterocycles. The Kier molecular flexibility index (Phi) is 12.9. The number of nitrogens with zero attached hydrogens (tertiary/aromatic N) is 2. The first-order valence-corrected chi connectivity index (χ1v) is 19.1. The van der Waals surface area contributed by atoms with Crippen molar-refractivity contribution in [1.29, 1.82) is 0 Å². The van der Waals surface area contributed by atoms with E-state index in [1.54, 1.807) is 0 Å². The van der Waals surface area contributed by atoms with Crippen molar-refractivity contribution in [2.75, 3.05) is 39.4 Å². The Morgan fingerprint density at radius 2 is 1.60 bits per heavy atom. The van der Waals surface area contributed by atoms with Gasteiger partial charge < -0.3 is 15.0 Å². The fraction of sp³-hybridized carbons (Fsp3) is 0.618. The van der Waals surface area contributed by atoms with Crippen LogP contribution in [0.3, 0.4) is 0 Å². The molecule has 45 heavy (non-hydrogen) atoms. The summed E-state index contributed by atoms with van der Waals surface area (Å²) in [5, 5.41) is 3.49. The van der Waals surface area contributed by atoms with Crippen molar-refractivity contribution in [3.8, 4) is 0 Å². The van der Waals surface area contributed by atoms with E-state index in [2.05, 4.69) is 40.5 Å². The van der Waals surface area contributed by atoms with E-state index in [0.717, 1.165) is 38.5 Å². The Labute approximate surface area is 284 Å². The maximum Gasteiger partial charge on any atom is 0.246 e. The molecule has 0 bridgehead atoms. The van der Waals surface area contributed by atoms with Crippen molar-refractivity contribution in [3.05, 3.63) is 63.1 Å². The van der Waals surface area contributed by atoms with Crippen molar-refractivity contribution >= 4 is 50.7 Å². The van der Waals surface area contributed by atoms with E-state index < -0.39 is 10.0 Å². The van der Waals surface area contributed by atoms with Crippen LogP contribution in [-0.2, 0) is 26.0 Å². The number of hydrogen-bond acceptors (Lipinski definition) is 5. The van der Waals surface area contributed by atoms with Crippen LogP contribution in [0.15, 0.2) is 47.4 Å². The molecule has 248 valence electrons. The summed E-state index contributed by atoms with van der Waals surface area (Å²) in [7, 11) is -3.90. The van der Waals surface area contributed by atoms with Crippen LogP contribution in [-0.4, -0.2) is 75.0 Å². The Bertz CT molecular complexity index is 1340. The summed E-state index contributed by atoms with van der Waals surface area (Å²) in [5.41, 5.74) is 1.42. The van der Waals surface area contributed by atoms with Gasteiger partial charge in [-0.25, -0.2) is 8.42 Å². The molecule has 2 aliphatic heterocycles. The molecular formula is C34H46Cl3N3O4S. The molecule has 0 aromatic heterocycles. The fourth-order valence-corrected chi connectivity index (χ4v) is 10.5. The summed E-state index contributed by atoms with van der Waals surface area (Å²) in [5.74, 6) is 0.540. The molecule has 2 atom stereocenters. The van der Waals surface area contributed by atoms with Gasteiger partial charge in [-0.2, -0.15) is 4.31 Å². The highest BCUT2D eigenvalue weighted by Crippen LogP contribution is 2.36. The van der Waals surface area contributed by atoms with Crippen LogP contribution in [0.2, 0.25) is 15.1 Å². The van der Waals surface area contributed by atoms with Crippen molar-refractivity contribution in [3.63, 3.8) is 0 Å². The summed E-state index contributed by atoms with van der Waals surface area (Å²) < 4.78 is 33.9. The zero-order valence-electron chi connectivity index (χ0n) is 25.9. The topological polar surface area (TPSA) is 78.9 Å². The lowest BCUT2D eigenvalue weighted by Crippen LogP contribution is -2.47. The normalized spacial score (nSPS) is 24.3. The summed E-state index contributed by atoms with van der Waals surface area (Å²) in [6, 6.07) is 14.4. The third kappa shape index (κ3) is 9.59. The van der Waals surface area contributed by atoms with E-state index in [-0.39, 0.29) is 51.0 Å². The van der Waals surface area contributed by atoms with Crippen molar-refractivity contribution < 1.29 is 17.9 Å². The molecule has 1 amide bonds. The standard InChI is InChI=1S/C34H46Cl3N3O4S/c35-28-20-30(36)34(31(37)21-28)45(42,43)40-19-7-10-26(22-40)23-44-24-33(41)38-29-14-12-27(13-15-29)32(39-17-5-2-6-18-39)16-11-25-8-3-1-4-9-25/h1,3-4,8-9,20-21,26-27,29,32H,2,5-7,10-19,22-24H2,(H,38,41). The van der Waals surface area contributed by atoms with Crippen molar-refractivity contribution in [2.45, 2.75) is 87.6 Å². The molecule has 3 fully saturated rings. The molecule has 1 aliphatic carbocycles. The predicted octanol–water partition coefficient (Wildman–Crippen LogP) is 7.23. The minimum atomic E-state index is -3.90. The first kappa shape index (κ1) is 34.9. The maximum absolute atomic E-state index is 13.4. The Morgan fingerprint density at radius 1 is 0.911 bits per heavy atom. The molecule has 5 rings (SSSR count). The number of carbonyl (C=O) groups is 1. The molecule has 3 aliphatic rings. The van der Waals surface area contributed by atoms with Gasteiger partial charge in [-0.05, 0) is 107 Å². The Balaban J connectivity index is 1.05. The average molecular weight is 699 g/mol. The molecule has 0 spiro atoms. The SMILES string of the molecule is O=C(COCC1CCCN(S(=O)(=O)c2c(Cl)cc(Cl)cc2Cl)C1)NC1CCC(C(CCc2ccccc2)N2CCCCC2)CC1. The molecule has 2 unspecified atom stereocenters. The smallest absolute Gasteiger partial charge is 0.246 e. The van der Waals surface area contributed by atoms with Gasteiger partial charge >= 0.3 is 0 Å². The number of halogens is 3. The van der Waals surface area contributed by atoms with Gasteiger partial charge in [-0.3, -0.25) is 4.79 Å². The predicted molar refractivity (Wildman–Crippen MR) is 182 cm³/mol. The number of carbonyl (C=O) groups excluding carboxylic acids is 1. The van der Waals surface area contributed by atoms with Gasteiger partial charge in [0.1, 0.15) is 11.5 Å². The zero-order valence-corrected chi connectivity index (χ0v) is 29.0. The lowest BCUT2D eigenvalue weighted by atomic mass is 9.78. The van der Waals surface area contributed by atoms with Gasteiger partial charge in [0.2, 0.25) is 15.9 Å². The molecule has 11 heteroatoms. The van der Waals surface area contributed by atoms with Crippen LogP contribution in [0.5, 0.6) is 0 Å². The molecule has 0 radical (unpaired) electrons. The molecule has 2 aromatic rings. The Hall–Kier alpha value is -1.39. The second kappa shape index (κ2) is 16.6. The largest absolute Gasteiger partial charge is 0.371 e. The molecule has 2 aromatic carbocycles. The lowest BCUT2D eigenvalue weighted by molar-refractivity contribution is -0.127. The van der Waals surface area contributed by atoms with E-state index in [4.69, 9.17) is 39.5 Å². The highest BCUT2D eigenvalue weighted by molar-refractivity contribution is 7.89. The third-order valence-corrected chi connectivity index (χ3v) is 12.7. The number of aryl methyl sites for hydroxylation is 1. The number of sulfonamides is 1. The number of nitrogens with one attached hydrogen (secondary N) is 1. The summed E-state index contributed by atoms with van der Waals surface area (Å²) in [6.07, 6.45) is 12.0. The van der Waals surface area contributed by atoms with Gasteiger partial charge in [0.05, 0.1) is 16.7 Å². The second-order valence-corrected chi connectivity index (χ2v) is 16.1. The van der Waals surface area contributed by atoms with Gasteiger partial charge in [0, 0.05) is 30.2 Å². The van der Waals surface area contributed by atoms with E-state index in [1.807, 2.05) is 0 Å². The number of ether oxygens (including phenoxy) is 1. The molecule has 1 saturated carbocycles. The summed E-state index contributed by atoms with van der Waals surface area (Å²) in [4.78, 5) is 15.4. The first-order valence-electron chi connectivity index (χ1n) is 16.5. The number of benzene rings is 2. The van der Waals surface area contributed by atoms with E-state index >= 15 is 0 Å². The lowest BCUT2D eigenvalue weighted by Gasteiger charge is -2.42. The minimum absolute atomic E-state index is 0.00535. The van der Waals surface area contributed by atoms with Crippen molar-refractivity contribution in [2.24, 2.45) is 11.8 Å². The quantitative estimate of drug-likeness (QED) is 0.253. The zero-order chi connectivity index (χ0) is 31.8. The van der Waals surface area contributed by atoms with Crippen molar-refractivity contribution in [1.82, 2.24) is 14.5 Å². The average Bonchev–Trinajstić information content (AvgIpc) is 3.02. The second-order valence-electron chi connectivity index (χ2n) is 13.0. The van der Waals surface area contributed by atoms with Gasteiger partial charge in [0.25, 0.3) is 0 Å². The number of rotatable bonds is 12. The maximum atomic E-state index is 13.4. The van der Waals surface area contributed by atoms with E-state index in [0.29, 0.717) is 31.5 Å². The molecule has 2 heterocycles. The minimum Gasteiger partial charge on any atom is -0.371 e. The van der Waals surface area contributed by atoms with Gasteiger partial charge in [-0.15, -0.1) is 0 Å². The first-order chi connectivity index (χ1) is 21.7. The van der Waals surface area contributed by atoms with Crippen LogP contribution in [0.25, 0.3) is 0 Å². The summed E-state index contributed by atoms with van der Waals surface area (Å²) >= 11 is 18.4. The molecule has 1 N–H and O–H groups in total. The third-order valence-electron chi connectivity index (χ3n) is 9.74. The van der Waals surface area contributed by atoms with Crippen LogP contribution in [0.4, 0.5) is 0 Å². The highest BCUT2D eigenvalue weighted by atomic mass is 35.5. The number of hydrogen-bond donors (Lipinski definition) is 1. The van der Waals surface area contributed by atoms with Crippen LogP contribution < -0.4 is 5.32 Å². The number of likely N-dealkylation sites (tertiary alicyclic amines) is 1. The van der Waals surface area contributed by atoms with Gasteiger partial charge in [0.15, 0.2) is 0 Å². The molecule has 7 nitrogen and oxygen atoms in total. The van der Waals surface area contributed by atoms with E-state index in [9.17, 15) is 13.2 Å². The highest BCUT2D eigenvalue weighted by Gasteiger charge is 2.35. The number of amides is 1. The van der Waals surface area contributed by atoms with Crippen LogP contribution >= 0.6 is 34.8 Å². The van der Waals surface area contributed by atoms with E-state index in [1.165, 1.54) is 60.8 Å². The molecular weight excluding hydrogens is 653 g/mol. The monoisotopic (exact) mass is 697 g/mol. The number of piperidine rings is 2.